The summed E-state index contributed by atoms with van der Waals surface area (Å²) in [6.45, 7) is 6.88. The number of hydrogen-bond donors (Lipinski definition) is 1. The number of hydrogen-bond acceptors (Lipinski definition) is 5. The van der Waals surface area contributed by atoms with Crippen LogP contribution in [0.5, 0.6) is 0 Å². The monoisotopic (exact) mass is 293 g/mol. The molecule has 7 heteroatoms. The second-order valence-electron chi connectivity index (χ2n) is 5.17. The molecule has 0 spiro atoms. The van der Waals surface area contributed by atoms with Crippen LogP contribution in [0.15, 0.2) is 0 Å². The predicted octanol–water partition coefficient (Wildman–Crippen LogP) is 0.659. The maximum Gasteiger partial charge on any atom is 0.306 e. The molecule has 0 aliphatic heterocycles. The largest absolute Gasteiger partial charge is 0.460 e. The minimum Gasteiger partial charge on any atom is -0.460 e. The van der Waals surface area contributed by atoms with Crippen molar-refractivity contribution in [2.24, 2.45) is 0 Å². The van der Waals surface area contributed by atoms with Gasteiger partial charge >= 0.3 is 5.97 Å². The molecule has 0 rings (SSSR count). The van der Waals surface area contributed by atoms with Gasteiger partial charge in [0.05, 0.1) is 12.2 Å². The molecule has 6 nitrogen and oxygen atoms in total. The molecule has 0 bridgehead atoms. The summed E-state index contributed by atoms with van der Waals surface area (Å²) in [5, 5.41) is 2.47. The number of carbonyl (C=O) groups is 2. The zero-order valence-corrected chi connectivity index (χ0v) is 12.8. The van der Waals surface area contributed by atoms with Gasteiger partial charge in [-0.2, -0.15) is 0 Å². The molecule has 0 aliphatic rings. The van der Waals surface area contributed by atoms with Crippen LogP contribution in [-0.4, -0.2) is 43.9 Å². The molecular formula is C12H23NO5S. The van der Waals surface area contributed by atoms with Gasteiger partial charge in [0.15, 0.2) is 9.84 Å². The van der Waals surface area contributed by atoms with E-state index in [1.807, 2.05) is 0 Å². The van der Waals surface area contributed by atoms with Gasteiger partial charge in [0.25, 0.3) is 0 Å². The third-order valence-electron chi connectivity index (χ3n) is 2.15. The van der Waals surface area contributed by atoms with Crippen molar-refractivity contribution in [1.82, 2.24) is 5.32 Å². The second kappa shape index (κ2) is 7.47. The summed E-state index contributed by atoms with van der Waals surface area (Å²) in [7, 11) is -3.08. The van der Waals surface area contributed by atoms with E-state index in [2.05, 4.69) is 5.32 Å². The summed E-state index contributed by atoms with van der Waals surface area (Å²) in [6.07, 6.45) is -0.00921. The summed E-state index contributed by atoms with van der Waals surface area (Å²) < 4.78 is 27.4. The van der Waals surface area contributed by atoms with Gasteiger partial charge in [0.1, 0.15) is 5.60 Å². The van der Waals surface area contributed by atoms with Crippen LogP contribution >= 0.6 is 0 Å². The second-order valence-corrected chi connectivity index (χ2v) is 7.65. The highest BCUT2D eigenvalue weighted by molar-refractivity contribution is 7.91. The minimum atomic E-state index is -3.08. The number of amides is 1. The Hall–Kier alpha value is -1.11. The Morgan fingerprint density at radius 3 is 2.21 bits per heavy atom. The highest BCUT2D eigenvalue weighted by Gasteiger charge is 2.17. The van der Waals surface area contributed by atoms with Crippen LogP contribution in [0, 0.1) is 0 Å². The lowest BCUT2D eigenvalue weighted by molar-refractivity contribution is -0.155. The molecule has 0 fully saturated rings. The van der Waals surface area contributed by atoms with E-state index >= 15 is 0 Å². The van der Waals surface area contributed by atoms with Crippen LogP contribution in [0.2, 0.25) is 0 Å². The average molecular weight is 293 g/mol. The highest BCUT2D eigenvalue weighted by atomic mass is 32.2. The van der Waals surface area contributed by atoms with Crippen LogP contribution in [0.1, 0.15) is 40.5 Å². The van der Waals surface area contributed by atoms with E-state index in [1.54, 1.807) is 27.7 Å². The Bertz CT molecular complexity index is 408. The highest BCUT2D eigenvalue weighted by Crippen LogP contribution is 2.08. The summed E-state index contributed by atoms with van der Waals surface area (Å²) in [4.78, 5) is 22.7. The molecule has 0 saturated carbocycles. The predicted molar refractivity (Wildman–Crippen MR) is 72.4 cm³/mol. The first-order valence-corrected chi connectivity index (χ1v) is 8.07. The fourth-order valence-electron chi connectivity index (χ4n) is 1.19. The third kappa shape index (κ3) is 10.5. The topological polar surface area (TPSA) is 89.5 Å². The van der Waals surface area contributed by atoms with Crippen LogP contribution in [0.3, 0.4) is 0 Å². The maximum absolute atomic E-state index is 11.4. The lowest BCUT2D eigenvalue weighted by atomic mass is 10.2. The van der Waals surface area contributed by atoms with Gasteiger partial charge in [-0.1, -0.05) is 6.92 Å². The van der Waals surface area contributed by atoms with Crippen LogP contribution in [0.4, 0.5) is 0 Å². The molecule has 0 saturated heterocycles. The van der Waals surface area contributed by atoms with Crippen molar-refractivity contribution in [3.63, 3.8) is 0 Å². The van der Waals surface area contributed by atoms with E-state index in [1.165, 1.54) is 0 Å². The molecule has 0 unspecified atom stereocenters. The SMILES string of the molecule is CCS(=O)(=O)CCNC(=O)CCC(=O)OC(C)(C)C. The zero-order valence-electron chi connectivity index (χ0n) is 12.0. The van der Waals surface area contributed by atoms with Crippen molar-refractivity contribution >= 4 is 21.7 Å². The molecule has 0 aromatic carbocycles. The smallest absolute Gasteiger partial charge is 0.306 e. The Balaban J connectivity index is 3.86. The fraction of sp³-hybridized carbons (Fsp3) is 0.833. The van der Waals surface area contributed by atoms with E-state index in [0.29, 0.717) is 0 Å². The molecule has 1 amide bonds. The van der Waals surface area contributed by atoms with E-state index in [-0.39, 0.29) is 36.8 Å². The summed E-state index contributed by atoms with van der Waals surface area (Å²) >= 11 is 0. The zero-order chi connectivity index (χ0) is 15.1. The first kappa shape index (κ1) is 17.9. The quantitative estimate of drug-likeness (QED) is 0.696. The number of nitrogens with one attached hydrogen (secondary N) is 1. The molecule has 0 radical (unpaired) electrons. The molecule has 0 atom stereocenters. The van der Waals surface area contributed by atoms with E-state index in [4.69, 9.17) is 4.74 Å². The van der Waals surface area contributed by atoms with Gasteiger partial charge in [0, 0.05) is 18.7 Å². The third-order valence-corrected chi connectivity index (χ3v) is 3.86. The normalized spacial score (nSPS) is 12.0. The Kier molecular flexibility index (Phi) is 7.04. The fourth-order valence-corrected chi connectivity index (χ4v) is 1.89. The maximum atomic E-state index is 11.4. The van der Waals surface area contributed by atoms with Crippen molar-refractivity contribution in [3.8, 4) is 0 Å². The van der Waals surface area contributed by atoms with E-state index in [9.17, 15) is 18.0 Å². The van der Waals surface area contributed by atoms with E-state index < -0.39 is 21.4 Å². The molecular weight excluding hydrogens is 270 g/mol. The van der Waals surface area contributed by atoms with Crippen LogP contribution in [0.25, 0.3) is 0 Å². The van der Waals surface area contributed by atoms with Gasteiger partial charge in [-0.15, -0.1) is 0 Å². The summed E-state index contributed by atoms with van der Waals surface area (Å²) in [5.74, 6) is -0.816. The summed E-state index contributed by atoms with van der Waals surface area (Å²) in [5.41, 5.74) is -0.567. The molecule has 19 heavy (non-hydrogen) atoms. The summed E-state index contributed by atoms with van der Waals surface area (Å²) in [6, 6.07) is 0. The van der Waals surface area contributed by atoms with Crippen LogP contribution < -0.4 is 5.32 Å². The Labute approximate surface area is 114 Å². The number of ether oxygens (including phenoxy) is 1. The lowest BCUT2D eigenvalue weighted by Crippen LogP contribution is -2.30. The first-order chi connectivity index (χ1) is 8.56. The first-order valence-electron chi connectivity index (χ1n) is 6.24. The molecule has 0 aromatic heterocycles. The van der Waals surface area contributed by atoms with E-state index in [0.717, 1.165) is 0 Å². The lowest BCUT2D eigenvalue weighted by Gasteiger charge is -2.19. The van der Waals surface area contributed by atoms with Crippen molar-refractivity contribution in [2.75, 3.05) is 18.1 Å². The minimum absolute atomic E-state index is 0.00108. The molecule has 1 N–H and O–H groups in total. The number of rotatable bonds is 7. The van der Waals surface area contributed by atoms with Crippen molar-refractivity contribution in [3.05, 3.63) is 0 Å². The van der Waals surface area contributed by atoms with Gasteiger partial charge in [-0.05, 0) is 20.8 Å². The molecule has 0 aliphatic carbocycles. The Morgan fingerprint density at radius 2 is 1.74 bits per heavy atom. The van der Waals surface area contributed by atoms with Gasteiger partial charge < -0.3 is 10.1 Å². The van der Waals surface area contributed by atoms with Gasteiger partial charge in [-0.25, -0.2) is 8.42 Å². The number of sulfone groups is 1. The molecule has 0 aromatic rings. The Morgan fingerprint density at radius 1 is 1.16 bits per heavy atom. The number of esters is 1. The average Bonchev–Trinajstić information content (AvgIpc) is 2.24. The van der Waals surface area contributed by atoms with Crippen molar-refractivity contribution in [1.29, 1.82) is 0 Å². The molecule has 0 heterocycles. The van der Waals surface area contributed by atoms with Crippen LogP contribution in [-0.2, 0) is 24.2 Å². The molecule has 112 valence electrons. The number of carbonyl (C=O) groups excluding carboxylic acids is 2. The van der Waals surface area contributed by atoms with Gasteiger partial charge in [-0.3, -0.25) is 9.59 Å². The standard InChI is InChI=1S/C12H23NO5S/c1-5-19(16,17)9-8-13-10(14)6-7-11(15)18-12(2,3)4/h5-9H2,1-4H3,(H,13,14). The van der Waals surface area contributed by atoms with Crippen molar-refractivity contribution in [2.45, 2.75) is 46.1 Å². The van der Waals surface area contributed by atoms with Gasteiger partial charge in [0.2, 0.25) is 5.91 Å². The van der Waals surface area contributed by atoms with Crippen molar-refractivity contribution < 1.29 is 22.7 Å².